The summed E-state index contributed by atoms with van der Waals surface area (Å²) in [4.78, 5) is 8.00. The fourth-order valence-corrected chi connectivity index (χ4v) is 1.58. The van der Waals surface area contributed by atoms with Crippen LogP contribution in [0.3, 0.4) is 0 Å². The van der Waals surface area contributed by atoms with Gasteiger partial charge in [0.25, 0.3) is 0 Å². The molecule has 0 bridgehead atoms. The van der Waals surface area contributed by atoms with E-state index in [1.54, 1.807) is 6.07 Å². The minimum atomic E-state index is -0.358. The summed E-state index contributed by atoms with van der Waals surface area (Å²) in [5, 5.41) is 0. The van der Waals surface area contributed by atoms with E-state index in [9.17, 15) is 4.39 Å². The van der Waals surface area contributed by atoms with Crippen LogP contribution in [0.15, 0.2) is 41.1 Å². The first kappa shape index (κ1) is 13.8. The highest BCUT2D eigenvalue weighted by molar-refractivity contribution is 14.1. The molecule has 0 atom stereocenters. The molecule has 0 amide bonds. The van der Waals surface area contributed by atoms with Crippen molar-refractivity contribution in [3.63, 3.8) is 0 Å². The molecule has 0 aliphatic heterocycles. The van der Waals surface area contributed by atoms with Crippen molar-refractivity contribution in [3.8, 4) is 0 Å². The third kappa shape index (κ3) is 3.92. The van der Waals surface area contributed by atoms with Gasteiger partial charge >= 0.3 is 0 Å². The number of rotatable bonds is 3. The van der Waals surface area contributed by atoms with E-state index in [0.717, 1.165) is 11.8 Å². The SMILES string of the molecule is C/C=C\C(=C/C)C(N)=Nc1cc(I)c(F)cn1. The molecule has 0 radical (unpaired) electrons. The second-order valence-electron chi connectivity index (χ2n) is 3.20. The second-order valence-corrected chi connectivity index (χ2v) is 4.36. The van der Waals surface area contributed by atoms with Gasteiger partial charge in [-0.05, 0) is 42.5 Å². The lowest BCUT2D eigenvalue weighted by Crippen LogP contribution is -2.13. The third-order valence-corrected chi connectivity index (χ3v) is 2.81. The van der Waals surface area contributed by atoms with Crippen molar-refractivity contribution in [3.05, 3.63) is 45.5 Å². The van der Waals surface area contributed by atoms with Crippen molar-refractivity contribution >= 4 is 34.2 Å². The molecular weight excluding hydrogens is 332 g/mol. The number of halogens is 2. The van der Waals surface area contributed by atoms with Gasteiger partial charge in [-0.2, -0.15) is 0 Å². The molecule has 3 nitrogen and oxygen atoms in total. The lowest BCUT2D eigenvalue weighted by molar-refractivity contribution is 0.614. The topological polar surface area (TPSA) is 51.3 Å². The van der Waals surface area contributed by atoms with Crippen LogP contribution < -0.4 is 5.73 Å². The van der Waals surface area contributed by atoms with Gasteiger partial charge in [-0.3, -0.25) is 0 Å². The molecule has 0 aliphatic carbocycles. The van der Waals surface area contributed by atoms with Crippen molar-refractivity contribution < 1.29 is 4.39 Å². The smallest absolute Gasteiger partial charge is 0.155 e. The minimum Gasteiger partial charge on any atom is -0.383 e. The van der Waals surface area contributed by atoms with Crippen LogP contribution in [-0.2, 0) is 0 Å². The Labute approximate surface area is 113 Å². The van der Waals surface area contributed by atoms with E-state index < -0.39 is 0 Å². The molecule has 0 unspecified atom stereocenters. The fourth-order valence-electron chi connectivity index (χ4n) is 1.16. The predicted octanol–water partition coefficient (Wildman–Crippen LogP) is 3.34. The van der Waals surface area contributed by atoms with E-state index in [1.165, 1.54) is 0 Å². The van der Waals surface area contributed by atoms with Crippen LogP contribution in [0, 0.1) is 9.39 Å². The highest BCUT2D eigenvalue weighted by Gasteiger charge is 2.03. The Hall–Kier alpha value is -1.24. The van der Waals surface area contributed by atoms with Crippen LogP contribution in [0.4, 0.5) is 10.2 Å². The summed E-state index contributed by atoms with van der Waals surface area (Å²) in [5.41, 5.74) is 6.64. The summed E-state index contributed by atoms with van der Waals surface area (Å²) in [5.74, 6) is 0.403. The zero-order chi connectivity index (χ0) is 12.8. The fraction of sp³-hybridized carbons (Fsp3) is 0.167. The number of aliphatic imine (C=N–C) groups is 1. The predicted molar refractivity (Wildman–Crippen MR) is 76.8 cm³/mol. The normalized spacial score (nSPS) is 13.4. The van der Waals surface area contributed by atoms with Crippen molar-refractivity contribution in [1.29, 1.82) is 0 Å². The van der Waals surface area contributed by atoms with Crippen molar-refractivity contribution in [2.24, 2.45) is 10.7 Å². The first-order chi connectivity index (χ1) is 8.08. The van der Waals surface area contributed by atoms with Gasteiger partial charge in [-0.25, -0.2) is 14.4 Å². The molecule has 0 saturated carbocycles. The first-order valence-corrected chi connectivity index (χ1v) is 6.11. The number of aromatic nitrogens is 1. The van der Waals surface area contributed by atoms with E-state index in [2.05, 4.69) is 9.98 Å². The Morgan fingerprint density at radius 1 is 1.53 bits per heavy atom. The highest BCUT2D eigenvalue weighted by Crippen LogP contribution is 2.16. The van der Waals surface area contributed by atoms with Crippen LogP contribution in [0.2, 0.25) is 0 Å². The molecule has 0 spiro atoms. The van der Waals surface area contributed by atoms with Gasteiger partial charge in [0.05, 0.1) is 9.77 Å². The average molecular weight is 345 g/mol. The van der Waals surface area contributed by atoms with Gasteiger partial charge in [0.2, 0.25) is 0 Å². The molecule has 2 N–H and O–H groups in total. The lowest BCUT2D eigenvalue weighted by atomic mass is 10.2. The number of hydrogen-bond donors (Lipinski definition) is 1. The molecule has 1 aromatic rings. The first-order valence-electron chi connectivity index (χ1n) is 5.03. The molecule has 1 rings (SSSR count). The number of pyridine rings is 1. The Bertz CT molecular complexity index is 493. The van der Waals surface area contributed by atoms with Crippen molar-refractivity contribution in [1.82, 2.24) is 4.98 Å². The zero-order valence-corrected chi connectivity index (χ0v) is 11.8. The highest BCUT2D eigenvalue weighted by atomic mass is 127. The molecule has 90 valence electrons. The third-order valence-electron chi connectivity index (χ3n) is 1.98. The summed E-state index contributed by atoms with van der Waals surface area (Å²) >= 11 is 1.89. The van der Waals surface area contributed by atoms with Crippen molar-refractivity contribution in [2.45, 2.75) is 13.8 Å². The maximum absolute atomic E-state index is 13.0. The number of hydrogen-bond acceptors (Lipinski definition) is 2. The van der Waals surface area contributed by atoms with E-state index in [0.29, 0.717) is 15.2 Å². The van der Waals surface area contributed by atoms with E-state index in [4.69, 9.17) is 5.73 Å². The van der Waals surface area contributed by atoms with Gasteiger partial charge in [0.15, 0.2) is 11.6 Å². The van der Waals surface area contributed by atoms with E-state index in [-0.39, 0.29) is 5.82 Å². The minimum absolute atomic E-state index is 0.358. The second kappa shape index (κ2) is 6.48. The number of nitrogens with zero attached hydrogens (tertiary/aromatic N) is 2. The largest absolute Gasteiger partial charge is 0.383 e. The zero-order valence-electron chi connectivity index (χ0n) is 9.61. The molecule has 17 heavy (non-hydrogen) atoms. The summed E-state index contributed by atoms with van der Waals surface area (Å²) in [6.07, 6.45) is 6.72. The number of nitrogens with two attached hydrogens (primary N) is 1. The summed E-state index contributed by atoms with van der Waals surface area (Å²) < 4.78 is 13.5. The van der Waals surface area contributed by atoms with Crippen LogP contribution in [0.25, 0.3) is 0 Å². The van der Waals surface area contributed by atoms with Gasteiger partial charge in [0.1, 0.15) is 5.84 Å². The standard InChI is InChI=1S/C12H13FIN3/c1-3-5-8(4-2)12(15)17-11-6-10(14)9(13)7-16-11/h3-7H,1-2H3,(H2,15,16,17)/b5-3-,8-4+. The Kier molecular flexibility index (Phi) is 5.27. The summed E-state index contributed by atoms with van der Waals surface area (Å²) in [7, 11) is 0. The van der Waals surface area contributed by atoms with Gasteiger partial charge in [-0.1, -0.05) is 18.2 Å². The molecule has 1 heterocycles. The molecule has 0 fully saturated rings. The van der Waals surface area contributed by atoms with Crippen LogP contribution in [0.1, 0.15) is 13.8 Å². The molecule has 0 aliphatic rings. The molecule has 0 aromatic carbocycles. The number of amidine groups is 1. The molecule has 0 saturated heterocycles. The number of allylic oxidation sites excluding steroid dienone is 2. The maximum atomic E-state index is 13.0. The monoisotopic (exact) mass is 345 g/mol. The molecule has 1 aromatic heterocycles. The Balaban J connectivity index is 3.06. The van der Waals surface area contributed by atoms with Crippen molar-refractivity contribution in [2.75, 3.05) is 0 Å². The summed E-state index contributed by atoms with van der Waals surface area (Å²) in [6.45, 7) is 3.77. The van der Waals surface area contributed by atoms with Crippen LogP contribution in [-0.4, -0.2) is 10.8 Å². The van der Waals surface area contributed by atoms with Crippen LogP contribution >= 0.6 is 22.6 Å². The van der Waals surface area contributed by atoms with Gasteiger partial charge in [-0.15, -0.1) is 0 Å². The molecular formula is C12H13FIN3. The van der Waals surface area contributed by atoms with Gasteiger partial charge < -0.3 is 5.73 Å². The quantitative estimate of drug-likeness (QED) is 0.395. The van der Waals surface area contributed by atoms with Gasteiger partial charge in [0, 0.05) is 5.57 Å². The van der Waals surface area contributed by atoms with E-state index >= 15 is 0 Å². The average Bonchev–Trinajstić information content (AvgIpc) is 2.30. The van der Waals surface area contributed by atoms with Crippen LogP contribution in [0.5, 0.6) is 0 Å². The molecule has 5 heteroatoms. The summed E-state index contributed by atoms with van der Waals surface area (Å²) in [6, 6.07) is 1.55. The Morgan fingerprint density at radius 3 is 2.76 bits per heavy atom. The maximum Gasteiger partial charge on any atom is 0.155 e. The van der Waals surface area contributed by atoms with E-state index in [1.807, 2.05) is 54.7 Å². The lowest BCUT2D eigenvalue weighted by Gasteiger charge is -2.01. The Morgan fingerprint density at radius 2 is 2.24 bits per heavy atom.